The predicted octanol–water partition coefficient (Wildman–Crippen LogP) is 6.47. The van der Waals surface area contributed by atoms with Gasteiger partial charge in [-0.25, -0.2) is 0 Å². The molecule has 0 bridgehead atoms. The van der Waals surface area contributed by atoms with Gasteiger partial charge in [-0.3, -0.25) is 48.2 Å². The zero-order valence-electron chi connectivity index (χ0n) is 44.0. The summed E-state index contributed by atoms with van der Waals surface area (Å²) in [5.74, 6) is -5.22. The maximum Gasteiger partial charge on any atom is 0.325 e. The highest BCUT2D eigenvalue weighted by molar-refractivity contribution is 5.88. The largest absolute Gasteiger partial charge is 0.464 e. The quantitative estimate of drug-likeness (QED) is 0.0270. The van der Waals surface area contributed by atoms with Crippen LogP contribution in [-0.2, 0) is 93.2 Å². The Morgan fingerprint density at radius 2 is 0.605 bits per heavy atom. The van der Waals surface area contributed by atoms with Crippen LogP contribution in [0.2, 0.25) is 0 Å². The number of rotatable bonds is 37. The van der Waals surface area contributed by atoms with Gasteiger partial charge in [0.15, 0.2) is 0 Å². The maximum absolute atomic E-state index is 14.3. The van der Waals surface area contributed by atoms with Crippen LogP contribution in [0.1, 0.15) is 87.5 Å². The molecule has 0 aliphatic heterocycles. The molecule has 4 rings (SSSR count). The first-order valence-electron chi connectivity index (χ1n) is 26.0. The Morgan fingerprint density at radius 1 is 0.329 bits per heavy atom. The lowest BCUT2D eigenvalue weighted by Crippen LogP contribution is -2.49. The smallest absolute Gasteiger partial charge is 0.325 e. The minimum Gasteiger partial charge on any atom is -0.464 e. The number of esters is 6. The zero-order valence-corrected chi connectivity index (χ0v) is 44.0. The van der Waals surface area contributed by atoms with Crippen molar-refractivity contribution in [1.82, 2.24) is 19.6 Å². The van der Waals surface area contributed by atoms with Crippen molar-refractivity contribution < 1.29 is 66.8 Å². The third-order valence-electron chi connectivity index (χ3n) is 11.7. The summed E-state index contributed by atoms with van der Waals surface area (Å²) in [7, 11) is 0. The maximum atomic E-state index is 14.3. The van der Waals surface area contributed by atoms with Crippen molar-refractivity contribution in [2.75, 3.05) is 78.7 Å². The van der Waals surface area contributed by atoms with Gasteiger partial charge >= 0.3 is 35.8 Å². The molecule has 0 heterocycles. The normalized spacial score (nSPS) is 10.8. The molecule has 0 fully saturated rings. The van der Waals surface area contributed by atoms with Crippen LogP contribution in [-0.4, -0.2) is 146 Å². The third-order valence-corrected chi connectivity index (χ3v) is 11.7. The lowest BCUT2D eigenvalue weighted by molar-refractivity contribution is -0.156. The first kappa shape index (κ1) is 61.1. The van der Waals surface area contributed by atoms with E-state index in [0.717, 1.165) is 57.7 Å². The fraction of sp³-hybridized carbons (Fsp3) is 0.448. The fourth-order valence-electron chi connectivity index (χ4n) is 7.39. The summed E-state index contributed by atoms with van der Waals surface area (Å²) >= 11 is 0. The van der Waals surface area contributed by atoms with Gasteiger partial charge in [-0.15, -0.1) is 0 Å². The van der Waals surface area contributed by atoms with Crippen LogP contribution < -0.4 is 0 Å². The van der Waals surface area contributed by atoms with Gasteiger partial charge in [-0.05, 0) is 35.1 Å². The molecule has 0 aliphatic rings. The molecule has 0 radical (unpaired) electrons. The molecule has 76 heavy (non-hydrogen) atoms. The van der Waals surface area contributed by atoms with Gasteiger partial charge in [0, 0.05) is 39.0 Å². The number of carbonyl (C=O) groups is 8. The summed E-state index contributed by atoms with van der Waals surface area (Å²) in [6, 6.07) is 35.9. The van der Waals surface area contributed by atoms with Crippen molar-refractivity contribution in [2.45, 2.75) is 91.6 Å². The molecule has 410 valence electrons. The summed E-state index contributed by atoms with van der Waals surface area (Å²) in [6.07, 6.45) is 5.21. The van der Waals surface area contributed by atoms with E-state index in [1.165, 1.54) is 0 Å². The van der Waals surface area contributed by atoms with Gasteiger partial charge in [-0.1, -0.05) is 161 Å². The van der Waals surface area contributed by atoms with Gasteiger partial charge in [0.25, 0.3) is 0 Å². The first-order valence-corrected chi connectivity index (χ1v) is 26.0. The topological polar surface area (TPSA) is 205 Å². The van der Waals surface area contributed by atoms with Crippen LogP contribution in [0.15, 0.2) is 121 Å². The molecule has 0 unspecified atom stereocenters. The van der Waals surface area contributed by atoms with E-state index in [4.69, 9.17) is 28.4 Å². The molecule has 0 N–H and O–H groups in total. The molecule has 4 aromatic carbocycles. The van der Waals surface area contributed by atoms with Crippen LogP contribution in [0.4, 0.5) is 0 Å². The minimum absolute atomic E-state index is 0.0246. The molecular weight excluding hydrogens is 977 g/mol. The molecule has 0 saturated carbocycles. The van der Waals surface area contributed by atoms with E-state index in [-0.39, 0.29) is 91.8 Å². The Morgan fingerprint density at radius 3 is 0.868 bits per heavy atom. The number of benzene rings is 4. The number of amides is 2. The van der Waals surface area contributed by atoms with E-state index in [2.05, 4.69) is 0 Å². The van der Waals surface area contributed by atoms with E-state index in [0.29, 0.717) is 12.8 Å². The summed E-state index contributed by atoms with van der Waals surface area (Å²) in [5.41, 5.74) is 2.87. The van der Waals surface area contributed by atoms with Crippen molar-refractivity contribution in [3.05, 3.63) is 144 Å². The van der Waals surface area contributed by atoms with E-state index in [1.807, 2.05) is 38.1 Å². The zero-order chi connectivity index (χ0) is 54.6. The molecule has 2 amide bonds. The average molecular weight is 1050 g/mol. The Hall–Kier alpha value is -7.44. The van der Waals surface area contributed by atoms with E-state index >= 15 is 0 Å². The van der Waals surface area contributed by atoms with Crippen LogP contribution in [0.3, 0.4) is 0 Å². The molecule has 0 atom stereocenters. The van der Waals surface area contributed by atoms with Crippen molar-refractivity contribution in [3.63, 3.8) is 0 Å². The second-order valence-corrected chi connectivity index (χ2v) is 18.0. The van der Waals surface area contributed by atoms with Crippen molar-refractivity contribution in [2.24, 2.45) is 0 Å². The summed E-state index contributed by atoms with van der Waals surface area (Å²) in [5, 5.41) is 0. The lowest BCUT2D eigenvalue weighted by atomic mass is 10.2. The number of hydrogen-bond donors (Lipinski definition) is 0. The Kier molecular flexibility index (Phi) is 29.3. The monoisotopic (exact) mass is 1050 g/mol. The van der Waals surface area contributed by atoms with Crippen LogP contribution in [0.5, 0.6) is 0 Å². The van der Waals surface area contributed by atoms with E-state index < -0.39 is 73.8 Å². The van der Waals surface area contributed by atoms with Gasteiger partial charge in [0.2, 0.25) is 11.8 Å². The average Bonchev–Trinajstić information content (AvgIpc) is 3.43. The van der Waals surface area contributed by atoms with Gasteiger partial charge in [-0.2, -0.15) is 0 Å². The van der Waals surface area contributed by atoms with Crippen LogP contribution >= 0.6 is 0 Å². The molecule has 0 aliphatic carbocycles. The minimum atomic E-state index is -0.771. The number of carbonyl (C=O) groups excluding carboxylic acids is 8. The van der Waals surface area contributed by atoms with Gasteiger partial charge in [0.1, 0.15) is 65.8 Å². The van der Waals surface area contributed by atoms with Crippen LogP contribution in [0.25, 0.3) is 0 Å². The molecule has 0 spiro atoms. The predicted molar refractivity (Wildman–Crippen MR) is 281 cm³/mol. The Labute approximate surface area is 446 Å². The standard InChI is InChI=1S/C58H74N4O14/c1-3-5-11-29-53(65)71-35-33-59(37-51(63)61(39-55(67)73-43-47-21-13-7-14-22-47)40-56(68)74-44-48-23-15-8-16-24-48)31-32-60(34-36-72-54(66)30-12-6-4-2)38-52(64)62(41-57(69)75-45-49-25-17-9-18-26-49)42-58(70)76-46-50-27-19-10-20-28-50/h7-10,13-28H,3-6,11-12,29-46H2,1-2H3. The molecule has 0 aromatic heterocycles. The molecule has 18 heteroatoms. The lowest BCUT2D eigenvalue weighted by Gasteiger charge is -2.30. The second-order valence-electron chi connectivity index (χ2n) is 18.0. The van der Waals surface area contributed by atoms with Crippen molar-refractivity contribution >= 4 is 47.6 Å². The Balaban J connectivity index is 1.56. The molecule has 0 saturated heterocycles. The summed E-state index contributed by atoms with van der Waals surface area (Å²) in [6.45, 7) is 0.533. The number of nitrogens with zero attached hydrogens (tertiary/aromatic N) is 4. The molecule has 18 nitrogen and oxygen atoms in total. The highest BCUT2D eigenvalue weighted by Gasteiger charge is 2.27. The molecular formula is C58H74N4O14. The number of unbranched alkanes of at least 4 members (excludes halogenated alkanes) is 4. The van der Waals surface area contributed by atoms with Gasteiger partial charge < -0.3 is 38.2 Å². The second kappa shape index (κ2) is 36.5. The highest BCUT2D eigenvalue weighted by atomic mass is 16.6. The summed E-state index contributed by atoms with van der Waals surface area (Å²) in [4.78, 5) is 113. The van der Waals surface area contributed by atoms with Crippen molar-refractivity contribution in [3.8, 4) is 0 Å². The highest BCUT2D eigenvalue weighted by Crippen LogP contribution is 2.10. The third kappa shape index (κ3) is 26.7. The molecule has 4 aromatic rings. The first-order chi connectivity index (χ1) is 36.9. The SMILES string of the molecule is CCCCCC(=O)OCCN(CCN(CCOC(=O)CCCCC)CC(=O)N(CC(=O)OCc1ccccc1)CC(=O)OCc1ccccc1)CC(=O)N(CC(=O)OCc1ccccc1)CC(=O)OCc1ccccc1. The summed E-state index contributed by atoms with van der Waals surface area (Å²) < 4.78 is 33.1. The van der Waals surface area contributed by atoms with Crippen molar-refractivity contribution in [1.29, 1.82) is 0 Å². The van der Waals surface area contributed by atoms with Crippen LogP contribution in [0, 0.1) is 0 Å². The fourth-order valence-corrected chi connectivity index (χ4v) is 7.39. The van der Waals surface area contributed by atoms with E-state index in [1.54, 1.807) is 107 Å². The number of ether oxygens (including phenoxy) is 6. The van der Waals surface area contributed by atoms with E-state index in [9.17, 15) is 38.4 Å². The Bertz CT molecular complexity index is 2080. The van der Waals surface area contributed by atoms with Gasteiger partial charge in [0.05, 0.1) is 13.1 Å². The number of hydrogen-bond acceptors (Lipinski definition) is 16.